The number of rotatable bonds is 2. The summed E-state index contributed by atoms with van der Waals surface area (Å²) < 4.78 is 5.47. The quantitative estimate of drug-likeness (QED) is 0.835. The van der Waals surface area contributed by atoms with Crippen molar-refractivity contribution in [2.75, 3.05) is 0 Å². The van der Waals surface area contributed by atoms with E-state index in [0.717, 1.165) is 17.0 Å². The summed E-state index contributed by atoms with van der Waals surface area (Å²) in [5, 5.41) is 0. The first-order valence-electron chi connectivity index (χ1n) is 4.92. The summed E-state index contributed by atoms with van der Waals surface area (Å²) in [5.41, 5.74) is 7.33. The number of aryl methyl sites for hydroxylation is 2. The fourth-order valence-corrected chi connectivity index (χ4v) is 1.37. The third-order valence-electron chi connectivity index (χ3n) is 2.44. The van der Waals surface area contributed by atoms with E-state index in [0.29, 0.717) is 11.5 Å². The van der Waals surface area contributed by atoms with Crippen LogP contribution < -0.4 is 5.73 Å². The van der Waals surface area contributed by atoms with Gasteiger partial charge in [0.25, 0.3) is 0 Å². The maximum Gasteiger partial charge on any atom is 0.248 e. The van der Waals surface area contributed by atoms with Crippen LogP contribution in [0.5, 0.6) is 0 Å². The van der Waals surface area contributed by atoms with Crippen LogP contribution in [0, 0.1) is 13.8 Å². The summed E-state index contributed by atoms with van der Waals surface area (Å²) in [4.78, 5) is 15.2. The van der Waals surface area contributed by atoms with Crippen molar-refractivity contribution in [3.8, 4) is 11.5 Å². The normalized spacial score (nSPS) is 10.4. The topological polar surface area (TPSA) is 69.1 Å². The van der Waals surface area contributed by atoms with Crippen LogP contribution in [0.1, 0.15) is 21.8 Å². The molecule has 0 fully saturated rings. The Kier molecular flexibility index (Phi) is 2.48. The number of oxazole rings is 1. The van der Waals surface area contributed by atoms with Crippen molar-refractivity contribution in [2.45, 2.75) is 13.8 Å². The Labute approximate surface area is 93.1 Å². The highest BCUT2D eigenvalue weighted by atomic mass is 16.4. The predicted molar refractivity (Wildman–Crippen MR) is 59.9 cm³/mol. The van der Waals surface area contributed by atoms with Crippen LogP contribution in [0.4, 0.5) is 0 Å². The summed E-state index contributed by atoms with van der Waals surface area (Å²) in [6.07, 6.45) is 0. The second-order valence-corrected chi connectivity index (χ2v) is 3.60. The molecule has 0 radical (unpaired) electrons. The van der Waals surface area contributed by atoms with Gasteiger partial charge in [0.1, 0.15) is 5.76 Å². The fourth-order valence-electron chi connectivity index (χ4n) is 1.37. The fraction of sp³-hybridized carbons (Fsp3) is 0.167. The lowest BCUT2D eigenvalue weighted by molar-refractivity contribution is 0.100. The van der Waals surface area contributed by atoms with Gasteiger partial charge in [0.15, 0.2) is 0 Å². The molecule has 0 spiro atoms. The zero-order valence-corrected chi connectivity index (χ0v) is 9.15. The van der Waals surface area contributed by atoms with E-state index < -0.39 is 5.91 Å². The number of carbonyl (C=O) groups is 1. The Morgan fingerprint density at radius 3 is 2.31 bits per heavy atom. The van der Waals surface area contributed by atoms with Gasteiger partial charge in [-0.25, -0.2) is 4.98 Å². The number of aromatic nitrogens is 1. The molecule has 0 saturated heterocycles. The monoisotopic (exact) mass is 216 g/mol. The van der Waals surface area contributed by atoms with Gasteiger partial charge >= 0.3 is 0 Å². The van der Waals surface area contributed by atoms with Gasteiger partial charge in [0.2, 0.25) is 11.8 Å². The molecule has 0 saturated carbocycles. The highest BCUT2D eigenvalue weighted by Crippen LogP contribution is 2.21. The van der Waals surface area contributed by atoms with Crippen LogP contribution >= 0.6 is 0 Å². The smallest absolute Gasteiger partial charge is 0.248 e. The standard InChI is InChI=1S/C12H12N2O2/c1-7-8(2)16-12(14-7)10-5-3-9(4-6-10)11(13)15/h3-6H,1-2H3,(H2,13,15). The molecule has 16 heavy (non-hydrogen) atoms. The first kappa shape index (κ1) is 10.4. The minimum atomic E-state index is -0.439. The van der Waals surface area contributed by atoms with Crippen molar-refractivity contribution in [3.05, 3.63) is 41.3 Å². The van der Waals surface area contributed by atoms with E-state index in [-0.39, 0.29) is 0 Å². The van der Waals surface area contributed by atoms with E-state index in [1.54, 1.807) is 24.3 Å². The molecule has 0 aliphatic carbocycles. The van der Waals surface area contributed by atoms with E-state index in [1.807, 2.05) is 13.8 Å². The van der Waals surface area contributed by atoms with Crippen LogP contribution in [-0.4, -0.2) is 10.9 Å². The van der Waals surface area contributed by atoms with E-state index >= 15 is 0 Å². The van der Waals surface area contributed by atoms with E-state index in [9.17, 15) is 4.79 Å². The molecule has 1 aromatic carbocycles. The largest absolute Gasteiger partial charge is 0.441 e. The highest BCUT2D eigenvalue weighted by molar-refractivity contribution is 5.93. The zero-order chi connectivity index (χ0) is 11.7. The van der Waals surface area contributed by atoms with Gasteiger partial charge in [-0.3, -0.25) is 4.79 Å². The first-order valence-corrected chi connectivity index (χ1v) is 4.92. The van der Waals surface area contributed by atoms with Crippen LogP contribution in [0.3, 0.4) is 0 Å². The molecule has 1 aromatic heterocycles. The molecule has 4 heteroatoms. The molecule has 0 aliphatic rings. The molecule has 1 heterocycles. The van der Waals surface area contributed by atoms with Crippen LogP contribution in [0.15, 0.2) is 28.7 Å². The summed E-state index contributed by atoms with van der Waals surface area (Å²) in [6, 6.07) is 6.86. The van der Waals surface area contributed by atoms with Gasteiger partial charge < -0.3 is 10.2 Å². The Balaban J connectivity index is 2.38. The molecular formula is C12H12N2O2. The minimum Gasteiger partial charge on any atom is -0.441 e. The van der Waals surface area contributed by atoms with Gasteiger partial charge in [0.05, 0.1) is 5.69 Å². The van der Waals surface area contributed by atoms with E-state index in [1.165, 1.54) is 0 Å². The zero-order valence-electron chi connectivity index (χ0n) is 9.15. The molecule has 82 valence electrons. The highest BCUT2D eigenvalue weighted by Gasteiger charge is 2.08. The lowest BCUT2D eigenvalue weighted by atomic mass is 10.1. The van der Waals surface area contributed by atoms with E-state index in [4.69, 9.17) is 10.2 Å². The van der Waals surface area contributed by atoms with Crippen LogP contribution in [0.25, 0.3) is 11.5 Å². The molecule has 2 rings (SSSR count). The summed E-state index contributed by atoms with van der Waals surface area (Å²) >= 11 is 0. The number of primary amides is 1. The third-order valence-corrected chi connectivity index (χ3v) is 2.44. The number of hydrogen-bond acceptors (Lipinski definition) is 3. The van der Waals surface area contributed by atoms with Gasteiger partial charge in [-0.15, -0.1) is 0 Å². The maximum absolute atomic E-state index is 10.9. The van der Waals surface area contributed by atoms with Gasteiger partial charge in [-0.1, -0.05) is 0 Å². The van der Waals surface area contributed by atoms with Crippen molar-refractivity contribution >= 4 is 5.91 Å². The van der Waals surface area contributed by atoms with Crippen molar-refractivity contribution < 1.29 is 9.21 Å². The van der Waals surface area contributed by atoms with Crippen LogP contribution in [-0.2, 0) is 0 Å². The number of carbonyl (C=O) groups excluding carboxylic acids is 1. The lowest BCUT2D eigenvalue weighted by Crippen LogP contribution is -2.10. The Morgan fingerprint density at radius 2 is 1.88 bits per heavy atom. The number of amides is 1. The molecular weight excluding hydrogens is 204 g/mol. The average molecular weight is 216 g/mol. The average Bonchev–Trinajstić information content (AvgIpc) is 2.59. The van der Waals surface area contributed by atoms with Crippen molar-refractivity contribution in [1.29, 1.82) is 0 Å². The second kappa shape index (κ2) is 3.81. The number of benzene rings is 1. The van der Waals surface area contributed by atoms with Crippen molar-refractivity contribution in [2.24, 2.45) is 5.73 Å². The molecule has 1 amide bonds. The SMILES string of the molecule is Cc1nc(-c2ccc(C(N)=O)cc2)oc1C. The second-order valence-electron chi connectivity index (χ2n) is 3.60. The molecule has 4 nitrogen and oxygen atoms in total. The Hall–Kier alpha value is -2.10. The number of nitrogens with zero attached hydrogens (tertiary/aromatic N) is 1. The maximum atomic E-state index is 10.9. The molecule has 0 unspecified atom stereocenters. The molecule has 0 aliphatic heterocycles. The van der Waals surface area contributed by atoms with E-state index in [2.05, 4.69) is 4.98 Å². The molecule has 0 atom stereocenters. The Morgan fingerprint density at radius 1 is 1.25 bits per heavy atom. The minimum absolute atomic E-state index is 0.439. The number of nitrogens with two attached hydrogens (primary N) is 1. The van der Waals surface area contributed by atoms with Crippen LogP contribution in [0.2, 0.25) is 0 Å². The third kappa shape index (κ3) is 1.82. The lowest BCUT2D eigenvalue weighted by Gasteiger charge is -1.97. The molecule has 2 N–H and O–H groups in total. The summed E-state index contributed by atoms with van der Waals surface area (Å²) in [5.74, 6) is 0.923. The van der Waals surface area contributed by atoms with Gasteiger partial charge in [-0.05, 0) is 38.1 Å². The number of hydrogen-bond donors (Lipinski definition) is 1. The summed E-state index contributed by atoms with van der Waals surface area (Å²) in [7, 11) is 0. The molecule has 0 bridgehead atoms. The first-order chi connectivity index (χ1) is 7.58. The molecule has 2 aromatic rings. The summed E-state index contributed by atoms with van der Waals surface area (Å²) in [6.45, 7) is 3.75. The predicted octanol–water partition coefficient (Wildman–Crippen LogP) is 2.06. The van der Waals surface area contributed by atoms with Crippen molar-refractivity contribution in [3.63, 3.8) is 0 Å². The van der Waals surface area contributed by atoms with Gasteiger partial charge in [-0.2, -0.15) is 0 Å². The van der Waals surface area contributed by atoms with Gasteiger partial charge in [0, 0.05) is 11.1 Å². The van der Waals surface area contributed by atoms with Crippen molar-refractivity contribution in [1.82, 2.24) is 4.98 Å². The Bertz CT molecular complexity index is 507.